The topological polar surface area (TPSA) is 99.9 Å². The highest BCUT2D eigenvalue weighted by Crippen LogP contribution is 2.30. The Morgan fingerprint density at radius 1 is 1.12 bits per heavy atom. The third-order valence-corrected chi connectivity index (χ3v) is 6.70. The lowest BCUT2D eigenvalue weighted by Gasteiger charge is -2.35. The lowest BCUT2D eigenvalue weighted by atomic mass is 9.98. The van der Waals surface area contributed by atoms with Gasteiger partial charge in [0.25, 0.3) is 5.56 Å². The molecule has 4 aromatic rings. The fourth-order valence-corrected chi connectivity index (χ4v) is 4.62. The van der Waals surface area contributed by atoms with Crippen LogP contribution in [0.1, 0.15) is 47.0 Å². The average molecular weight is 463 g/mol. The van der Waals surface area contributed by atoms with Crippen molar-refractivity contribution in [1.29, 1.82) is 0 Å². The first kappa shape index (κ1) is 22.4. The van der Waals surface area contributed by atoms with Gasteiger partial charge in [0.15, 0.2) is 5.82 Å². The lowest BCUT2D eigenvalue weighted by Crippen LogP contribution is -2.41. The molecule has 1 aliphatic heterocycles. The molecule has 1 fully saturated rings. The van der Waals surface area contributed by atoms with E-state index >= 15 is 0 Å². The second-order valence-electron chi connectivity index (χ2n) is 9.07. The Balaban J connectivity index is 1.61. The zero-order valence-electron chi connectivity index (χ0n) is 19.2. The van der Waals surface area contributed by atoms with Crippen LogP contribution in [0.25, 0.3) is 10.9 Å². The maximum absolute atomic E-state index is 13.4. The van der Waals surface area contributed by atoms with E-state index in [1.54, 1.807) is 16.8 Å². The smallest absolute Gasteiger partial charge is 0.253 e. The summed E-state index contributed by atoms with van der Waals surface area (Å²) in [5.41, 5.74) is 4.26. The number of rotatable bonds is 5. The Morgan fingerprint density at radius 3 is 2.56 bits per heavy atom. The highest BCUT2D eigenvalue weighted by Gasteiger charge is 2.32. The summed E-state index contributed by atoms with van der Waals surface area (Å²) in [6, 6.07) is 11.7. The highest BCUT2D eigenvalue weighted by molar-refractivity contribution is 5.81. The molecule has 3 heterocycles. The second kappa shape index (κ2) is 9.08. The summed E-state index contributed by atoms with van der Waals surface area (Å²) in [6.07, 6.45) is 0.868. The monoisotopic (exact) mass is 462 g/mol. The summed E-state index contributed by atoms with van der Waals surface area (Å²) in [5.74, 6) is 0.230. The summed E-state index contributed by atoms with van der Waals surface area (Å²) in [5, 5.41) is 23.4. The number of halogens is 1. The van der Waals surface area contributed by atoms with E-state index in [0.717, 1.165) is 27.6 Å². The zero-order valence-corrected chi connectivity index (χ0v) is 19.2. The third-order valence-electron chi connectivity index (χ3n) is 6.70. The Bertz CT molecular complexity index is 1370. The van der Waals surface area contributed by atoms with E-state index < -0.39 is 6.04 Å². The first-order valence-corrected chi connectivity index (χ1v) is 11.5. The van der Waals surface area contributed by atoms with Crippen LogP contribution in [0.5, 0.6) is 0 Å². The quantitative estimate of drug-likeness (QED) is 0.473. The van der Waals surface area contributed by atoms with Gasteiger partial charge in [0.1, 0.15) is 11.9 Å². The fraction of sp³-hybridized carbons (Fsp3) is 0.360. The standard InChI is InChI=1S/C25H27FN6O2/c1-15-11-18-13-21(25(34)27-22(18)12-16(15)2)23(31-9-7-20(33)8-10-31)24-28-29-30-32(24)14-17-3-5-19(26)6-4-17/h3-6,11-13,20,23,33H,7-10,14H2,1-2H3,(H,27,34)/t23-/m1/s1. The molecule has 0 spiro atoms. The number of nitrogens with one attached hydrogen (secondary N) is 1. The molecule has 1 aliphatic rings. The number of H-pyrrole nitrogens is 1. The van der Waals surface area contributed by atoms with Gasteiger partial charge < -0.3 is 10.1 Å². The zero-order chi connectivity index (χ0) is 23.8. The number of fused-ring (bicyclic) bond motifs is 1. The lowest BCUT2D eigenvalue weighted by molar-refractivity contribution is 0.0659. The van der Waals surface area contributed by atoms with Crippen molar-refractivity contribution in [3.05, 3.63) is 86.7 Å². The molecule has 0 amide bonds. The largest absolute Gasteiger partial charge is 0.393 e. The van der Waals surface area contributed by atoms with Crippen molar-refractivity contribution in [2.24, 2.45) is 0 Å². The van der Waals surface area contributed by atoms with Crippen LogP contribution >= 0.6 is 0 Å². The molecular weight excluding hydrogens is 435 g/mol. The predicted molar refractivity (Wildman–Crippen MR) is 126 cm³/mol. The molecule has 9 heteroatoms. The predicted octanol–water partition coefficient (Wildman–Crippen LogP) is 2.86. The van der Waals surface area contributed by atoms with E-state index in [2.05, 4.69) is 31.5 Å². The van der Waals surface area contributed by atoms with Crippen molar-refractivity contribution in [1.82, 2.24) is 30.1 Å². The van der Waals surface area contributed by atoms with Gasteiger partial charge in [-0.3, -0.25) is 9.69 Å². The number of aromatic amines is 1. The number of likely N-dealkylation sites (tertiary alicyclic amines) is 1. The van der Waals surface area contributed by atoms with Gasteiger partial charge in [0.05, 0.1) is 12.6 Å². The van der Waals surface area contributed by atoms with Gasteiger partial charge in [-0.1, -0.05) is 12.1 Å². The van der Waals surface area contributed by atoms with Gasteiger partial charge in [-0.05, 0) is 89.5 Å². The second-order valence-corrected chi connectivity index (χ2v) is 9.07. The van der Waals surface area contributed by atoms with Gasteiger partial charge in [0.2, 0.25) is 0 Å². The molecule has 8 nitrogen and oxygen atoms in total. The van der Waals surface area contributed by atoms with Gasteiger partial charge in [0, 0.05) is 24.2 Å². The molecule has 1 saturated heterocycles. The number of benzene rings is 2. The molecule has 1 atom stereocenters. The van der Waals surface area contributed by atoms with Crippen LogP contribution in [-0.2, 0) is 6.54 Å². The van der Waals surface area contributed by atoms with Crippen LogP contribution in [-0.4, -0.2) is 54.4 Å². The van der Waals surface area contributed by atoms with Crippen LogP contribution in [0.15, 0.2) is 47.3 Å². The van der Waals surface area contributed by atoms with Crippen molar-refractivity contribution in [3.63, 3.8) is 0 Å². The summed E-state index contributed by atoms with van der Waals surface area (Å²) < 4.78 is 15.0. The molecule has 0 radical (unpaired) electrons. The molecule has 0 saturated carbocycles. The number of hydrogen-bond donors (Lipinski definition) is 2. The molecule has 176 valence electrons. The van der Waals surface area contributed by atoms with Crippen molar-refractivity contribution < 1.29 is 9.50 Å². The van der Waals surface area contributed by atoms with Crippen molar-refractivity contribution in [2.45, 2.75) is 45.4 Å². The van der Waals surface area contributed by atoms with E-state index in [0.29, 0.717) is 43.9 Å². The Morgan fingerprint density at radius 2 is 1.82 bits per heavy atom. The maximum atomic E-state index is 13.4. The van der Waals surface area contributed by atoms with E-state index in [1.165, 1.54) is 12.1 Å². The number of hydrogen-bond acceptors (Lipinski definition) is 6. The molecule has 5 rings (SSSR count). The van der Waals surface area contributed by atoms with Crippen LogP contribution in [0.3, 0.4) is 0 Å². The van der Waals surface area contributed by atoms with Crippen LogP contribution in [0.2, 0.25) is 0 Å². The Labute approximate surface area is 196 Å². The number of piperidine rings is 1. The number of aryl methyl sites for hydroxylation is 2. The molecule has 2 aromatic heterocycles. The van der Waals surface area contributed by atoms with E-state index in [9.17, 15) is 14.3 Å². The molecule has 2 N–H and O–H groups in total. The summed E-state index contributed by atoms with van der Waals surface area (Å²) >= 11 is 0. The minimum Gasteiger partial charge on any atom is -0.393 e. The third kappa shape index (κ3) is 4.36. The minimum absolute atomic E-state index is 0.191. The Hall–Kier alpha value is -3.43. The first-order valence-electron chi connectivity index (χ1n) is 11.5. The molecule has 2 aromatic carbocycles. The normalized spacial score (nSPS) is 16.2. The fourth-order valence-electron chi connectivity index (χ4n) is 4.62. The first-order chi connectivity index (χ1) is 16.4. The molecular formula is C25H27FN6O2. The van der Waals surface area contributed by atoms with Crippen LogP contribution in [0.4, 0.5) is 4.39 Å². The van der Waals surface area contributed by atoms with Crippen LogP contribution in [0, 0.1) is 19.7 Å². The van der Waals surface area contributed by atoms with Gasteiger partial charge in [-0.25, -0.2) is 9.07 Å². The summed E-state index contributed by atoms with van der Waals surface area (Å²) in [7, 11) is 0. The van der Waals surface area contributed by atoms with Gasteiger partial charge in [-0.15, -0.1) is 5.10 Å². The van der Waals surface area contributed by atoms with Crippen molar-refractivity contribution in [2.75, 3.05) is 13.1 Å². The van der Waals surface area contributed by atoms with Gasteiger partial charge >= 0.3 is 0 Å². The molecule has 0 unspecified atom stereocenters. The summed E-state index contributed by atoms with van der Waals surface area (Å²) in [6.45, 7) is 5.64. The molecule has 34 heavy (non-hydrogen) atoms. The number of nitrogens with zero attached hydrogens (tertiary/aromatic N) is 5. The average Bonchev–Trinajstić information content (AvgIpc) is 3.26. The van der Waals surface area contributed by atoms with Crippen molar-refractivity contribution in [3.8, 4) is 0 Å². The van der Waals surface area contributed by atoms with E-state index in [4.69, 9.17) is 0 Å². The van der Waals surface area contributed by atoms with E-state index in [-0.39, 0.29) is 17.5 Å². The van der Waals surface area contributed by atoms with Crippen LogP contribution < -0.4 is 5.56 Å². The minimum atomic E-state index is -0.488. The van der Waals surface area contributed by atoms with E-state index in [1.807, 2.05) is 26.0 Å². The Kier molecular flexibility index (Phi) is 5.97. The highest BCUT2D eigenvalue weighted by atomic mass is 19.1. The SMILES string of the molecule is Cc1cc2cc([C@H](c3nnnn3Cc3ccc(F)cc3)N3CCC(O)CC3)c(=O)[nH]c2cc1C. The molecule has 0 aliphatic carbocycles. The van der Waals surface area contributed by atoms with Crippen molar-refractivity contribution >= 4 is 10.9 Å². The number of aliphatic hydroxyl groups is 1. The molecule has 0 bridgehead atoms. The van der Waals surface area contributed by atoms with Gasteiger partial charge in [-0.2, -0.15) is 0 Å². The number of aliphatic hydroxyl groups excluding tert-OH is 1. The number of aromatic nitrogens is 5. The number of pyridine rings is 1. The summed E-state index contributed by atoms with van der Waals surface area (Å²) in [4.78, 5) is 18.5. The number of tetrazole rings is 1. The maximum Gasteiger partial charge on any atom is 0.253 e.